The fourth-order valence-electron chi connectivity index (χ4n) is 2.59. The Labute approximate surface area is 108 Å². The summed E-state index contributed by atoms with van der Waals surface area (Å²) in [5.41, 5.74) is 0.0570. The Bertz CT molecular complexity index is 430. The molecule has 0 bridgehead atoms. The van der Waals surface area contributed by atoms with Crippen molar-refractivity contribution in [2.45, 2.75) is 32.4 Å². The van der Waals surface area contributed by atoms with Crippen molar-refractivity contribution in [1.82, 2.24) is 9.47 Å². The van der Waals surface area contributed by atoms with Crippen molar-refractivity contribution in [1.29, 1.82) is 0 Å². The van der Waals surface area contributed by atoms with Crippen LogP contribution in [0.4, 0.5) is 0 Å². The van der Waals surface area contributed by atoms with Gasteiger partial charge in [-0.15, -0.1) is 0 Å². The van der Waals surface area contributed by atoms with Gasteiger partial charge in [-0.1, -0.05) is 13.0 Å². The number of aliphatic hydroxyl groups excluding tert-OH is 1. The molecular formula is C14H22N2O2. The summed E-state index contributed by atoms with van der Waals surface area (Å²) in [5, 5.41) is 9.83. The molecule has 100 valence electrons. The van der Waals surface area contributed by atoms with E-state index in [2.05, 4.69) is 11.8 Å². The lowest BCUT2D eigenvalue weighted by Gasteiger charge is -2.35. The van der Waals surface area contributed by atoms with E-state index in [1.165, 1.54) is 0 Å². The van der Waals surface area contributed by atoms with Gasteiger partial charge < -0.3 is 14.6 Å². The van der Waals surface area contributed by atoms with Crippen LogP contribution in [0.15, 0.2) is 29.2 Å². The summed E-state index contributed by atoms with van der Waals surface area (Å²) in [4.78, 5) is 13.9. The summed E-state index contributed by atoms with van der Waals surface area (Å²) < 4.78 is 1.74. The second kappa shape index (κ2) is 6.16. The van der Waals surface area contributed by atoms with Crippen LogP contribution in [-0.4, -0.2) is 40.3 Å². The highest BCUT2D eigenvalue weighted by molar-refractivity contribution is 4.93. The summed E-state index contributed by atoms with van der Waals surface area (Å²) in [6, 6.07) is 5.24. The third-order valence-electron chi connectivity index (χ3n) is 3.86. The van der Waals surface area contributed by atoms with Crippen molar-refractivity contribution < 1.29 is 5.11 Å². The van der Waals surface area contributed by atoms with Crippen molar-refractivity contribution in [3.05, 3.63) is 34.7 Å². The average Bonchev–Trinajstić information content (AvgIpc) is 2.39. The first-order chi connectivity index (χ1) is 8.70. The lowest BCUT2D eigenvalue weighted by Crippen LogP contribution is -2.44. The third-order valence-corrected chi connectivity index (χ3v) is 3.86. The third kappa shape index (κ3) is 3.21. The van der Waals surface area contributed by atoms with E-state index in [9.17, 15) is 9.90 Å². The van der Waals surface area contributed by atoms with E-state index in [1.54, 1.807) is 16.7 Å². The highest BCUT2D eigenvalue weighted by Gasteiger charge is 2.25. The molecular weight excluding hydrogens is 228 g/mol. The van der Waals surface area contributed by atoms with Gasteiger partial charge in [0.15, 0.2) is 0 Å². The van der Waals surface area contributed by atoms with E-state index in [4.69, 9.17) is 0 Å². The molecule has 0 saturated carbocycles. The van der Waals surface area contributed by atoms with E-state index in [-0.39, 0.29) is 11.7 Å². The van der Waals surface area contributed by atoms with E-state index in [0.29, 0.717) is 5.92 Å². The molecule has 1 aliphatic rings. The predicted octanol–water partition coefficient (Wildman–Crippen LogP) is 0.941. The van der Waals surface area contributed by atoms with Crippen LogP contribution in [0.5, 0.6) is 0 Å². The van der Waals surface area contributed by atoms with Gasteiger partial charge in [-0.05, 0) is 24.8 Å². The SMILES string of the molecule is CCC1CN(CCn2ccccc2=O)CCC1O. The molecule has 0 aliphatic carbocycles. The van der Waals surface area contributed by atoms with Crippen molar-refractivity contribution in [2.24, 2.45) is 5.92 Å². The molecule has 0 spiro atoms. The van der Waals surface area contributed by atoms with E-state index in [1.807, 2.05) is 12.3 Å². The van der Waals surface area contributed by atoms with Gasteiger partial charge in [0, 0.05) is 38.4 Å². The molecule has 0 aromatic carbocycles. The number of likely N-dealkylation sites (tertiary alicyclic amines) is 1. The average molecular weight is 250 g/mol. The minimum absolute atomic E-state index is 0.0570. The van der Waals surface area contributed by atoms with Crippen molar-refractivity contribution in [3.8, 4) is 0 Å². The Morgan fingerprint density at radius 1 is 1.39 bits per heavy atom. The van der Waals surface area contributed by atoms with Crippen LogP contribution >= 0.6 is 0 Å². The van der Waals surface area contributed by atoms with Gasteiger partial charge in [0.25, 0.3) is 5.56 Å². The number of aromatic nitrogens is 1. The minimum atomic E-state index is -0.148. The zero-order chi connectivity index (χ0) is 13.0. The molecule has 4 heteroatoms. The van der Waals surface area contributed by atoms with Crippen LogP contribution in [0.3, 0.4) is 0 Å². The van der Waals surface area contributed by atoms with Crippen LogP contribution in [0, 0.1) is 5.92 Å². The lowest BCUT2D eigenvalue weighted by atomic mass is 9.92. The zero-order valence-electron chi connectivity index (χ0n) is 11.0. The second-order valence-electron chi connectivity index (χ2n) is 5.06. The highest BCUT2D eigenvalue weighted by Crippen LogP contribution is 2.19. The molecule has 0 radical (unpaired) electrons. The predicted molar refractivity (Wildman–Crippen MR) is 71.5 cm³/mol. The molecule has 1 N–H and O–H groups in total. The van der Waals surface area contributed by atoms with Crippen LogP contribution in [-0.2, 0) is 6.54 Å². The summed E-state index contributed by atoms with van der Waals surface area (Å²) in [5.74, 6) is 0.381. The van der Waals surface area contributed by atoms with Gasteiger partial charge in [-0.3, -0.25) is 4.79 Å². The molecule has 1 aliphatic heterocycles. The molecule has 4 nitrogen and oxygen atoms in total. The van der Waals surface area contributed by atoms with Crippen LogP contribution in [0.2, 0.25) is 0 Å². The molecule has 2 rings (SSSR count). The summed E-state index contributed by atoms with van der Waals surface area (Å²) >= 11 is 0. The van der Waals surface area contributed by atoms with Gasteiger partial charge in [-0.25, -0.2) is 0 Å². The number of aliphatic hydroxyl groups is 1. The number of pyridine rings is 1. The molecule has 2 unspecified atom stereocenters. The quantitative estimate of drug-likeness (QED) is 0.865. The Morgan fingerprint density at radius 3 is 2.94 bits per heavy atom. The maximum atomic E-state index is 11.6. The smallest absolute Gasteiger partial charge is 0.250 e. The number of piperidine rings is 1. The Balaban J connectivity index is 1.88. The van der Waals surface area contributed by atoms with Crippen molar-refractivity contribution in [3.63, 3.8) is 0 Å². The van der Waals surface area contributed by atoms with E-state index in [0.717, 1.165) is 39.0 Å². The molecule has 2 atom stereocenters. The van der Waals surface area contributed by atoms with Crippen LogP contribution in [0.25, 0.3) is 0 Å². The molecule has 1 fully saturated rings. The maximum absolute atomic E-state index is 11.6. The summed E-state index contributed by atoms with van der Waals surface area (Å²) in [6.45, 7) is 5.61. The highest BCUT2D eigenvalue weighted by atomic mass is 16.3. The van der Waals surface area contributed by atoms with E-state index < -0.39 is 0 Å². The lowest BCUT2D eigenvalue weighted by molar-refractivity contribution is 0.0240. The largest absolute Gasteiger partial charge is 0.393 e. The number of hydrogen-bond acceptors (Lipinski definition) is 3. The van der Waals surface area contributed by atoms with Gasteiger partial charge in [0.1, 0.15) is 0 Å². The van der Waals surface area contributed by atoms with Gasteiger partial charge in [0.2, 0.25) is 0 Å². The topological polar surface area (TPSA) is 45.5 Å². The van der Waals surface area contributed by atoms with Gasteiger partial charge >= 0.3 is 0 Å². The normalized spacial score (nSPS) is 25.2. The fourth-order valence-corrected chi connectivity index (χ4v) is 2.59. The first kappa shape index (κ1) is 13.3. The Hall–Kier alpha value is -1.13. The monoisotopic (exact) mass is 250 g/mol. The Morgan fingerprint density at radius 2 is 2.22 bits per heavy atom. The van der Waals surface area contributed by atoms with Crippen molar-refractivity contribution in [2.75, 3.05) is 19.6 Å². The standard InChI is InChI=1S/C14H22N2O2/c1-2-12-11-15(8-6-13(12)17)9-10-16-7-4-3-5-14(16)18/h3-5,7,12-13,17H,2,6,8-11H2,1H3. The van der Waals surface area contributed by atoms with Gasteiger partial charge in [-0.2, -0.15) is 0 Å². The summed E-state index contributed by atoms with van der Waals surface area (Å²) in [6.07, 6.45) is 3.55. The van der Waals surface area contributed by atoms with Crippen molar-refractivity contribution >= 4 is 0 Å². The minimum Gasteiger partial charge on any atom is -0.393 e. The molecule has 0 amide bonds. The number of rotatable bonds is 4. The molecule has 1 aromatic rings. The molecule has 18 heavy (non-hydrogen) atoms. The fraction of sp³-hybridized carbons (Fsp3) is 0.643. The number of nitrogens with zero attached hydrogens (tertiary/aromatic N) is 2. The Kier molecular flexibility index (Phi) is 4.55. The summed E-state index contributed by atoms with van der Waals surface area (Å²) in [7, 11) is 0. The second-order valence-corrected chi connectivity index (χ2v) is 5.06. The molecule has 2 heterocycles. The number of hydrogen-bond donors (Lipinski definition) is 1. The first-order valence-electron chi connectivity index (χ1n) is 6.76. The maximum Gasteiger partial charge on any atom is 0.250 e. The molecule has 1 saturated heterocycles. The van der Waals surface area contributed by atoms with Gasteiger partial charge in [0.05, 0.1) is 6.10 Å². The molecule has 1 aromatic heterocycles. The zero-order valence-corrected chi connectivity index (χ0v) is 11.0. The first-order valence-corrected chi connectivity index (χ1v) is 6.76. The van der Waals surface area contributed by atoms with Crippen LogP contribution < -0.4 is 5.56 Å². The van der Waals surface area contributed by atoms with Crippen LogP contribution in [0.1, 0.15) is 19.8 Å². The van der Waals surface area contributed by atoms with E-state index >= 15 is 0 Å².